The molecule has 1 rings (SSSR count). The molecule has 0 aliphatic carbocycles. The molecule has 0 bridgehead atoms. The van der Waals surface area contributed by atoms with E-state index >= 15 is 0 Å². The molecule has 0 spiro atoms. The number of carboxylic acid groups (broad SMARTS) is 1. The van der Waals surface area contributed by atoms with Crippen LogP contribution in [-0.4, -0.2) is 22.6 Å². The summed E-state index contributed by atoms with van der Waals surface area (Å²) in [6, 6.07) is 1.51. The first-order valence-electron chi connectivity index (χ1n) is 5.01. The van der Waals surface area contributed by atoms with Gasteiger partial charge < -0.3 is 9.84 Å². The van der Waals surface area contributed by atoms with Crippen LogP contribution in [0.2, 0.25) is 0 Å². The van der Waals surface area contributed by atoms with Crippen LogP contribution >= 0.6 is 11.3 Å². The topological polar surface area (TPSA) is 63.6 Å². The number of carbonyl (C=O) groups is 2. The number of carbonyl (C=O) groups excluding carboxylic acids is 1. The van der Waals surface area contributed by atoms with E-state index in [0.29, 0.717) is 4.88 Å². The average molecular weight is 254 g/mol. The molecule has 17 heavy (non-hydrogen) atoms. The molecule has 4 nitrogen and oxygen atoms in total. The van der Waals surface area contributed by atoms with Crippen molar-refractivity contribution in [1.29, 1.82) is 0 Å². The van der Waals surface area contributed by atoms with Crippen molar-refractivity contribution in [2.45, 2.75) is 26.4 Å². The van der Waals surface area contributed by atoms with E-state index in [9.17, 15) is 9.59 Å². The Labute approximate surface area is 104 Å². The highest BCUT2D eigenvalue weighted by Gasteiger charge is 2.14. The largest absolute Gasteiger partial charge is 0.478 e. The molecule has 0 fully saturated rings. The molecule has 0 radical (unpaired) electrons. The molecule has 5 heteroatoms. The van der Waals surface area contributed by atoms with Gasteiger partial charge in [0.2, 0.25) is 0 Å². The van der Waals surface area contributed by atoms with Crippen LogP contribution in [0, 0.1) is 0 Å². The predicted molar refractivity (Wildman–Crippen MR) is 66.2 cm³/mol. The minimum atomic E-state index is -0.974. The maximum absolute atomic E-state index is 11.4. The van der Waals surface area contributed by atoms with Crippen LogP contribution in [0.4, 0.5) is 0 Å². The van der Waals surface area contributed by atoms with E-state index in [1.54, 1.807) is 26.8 Å². The second-order valence-electron chi connectivity index (χ2n) is 4.41. The first-order valence-corrected chi connectivity index (χ1v) is 5.89. The number of hydrogen-bond acceptors (Lipinski definition) is 4. The Bertz CT molecular complexity index is 451. The zero-order valence-corrected chi connectivity index (χ0v) is 10.7. The normalized spacial score (nSPS) is 11.7. The van der Waals surface area contributed by atoms with E-state index in [0.717, 1.165) is 0 Å². The smallest absolute Gasteiger partial charge is 0.336 e. The molecular weight excluding hydrogens is 240 g/mol. The zero-order valence-electron chi connectivity index (χ0n) is 9.89. The van der Waals surface area contributed by atoms with Crippen molar-refractivity contribution in [2.24, 2.45) is 0 Å². The molecule has 1 aromatic rings. The van der Waals surface area contributed by atoms with Gasteiger partial charge in [0.05, 0.1) is 5.56 Å². The molecule has 1 aromatic heterocycles. The van der Waals surface area contributed by atoms with Crippen LogP contribution in [0.5, 0.6) is 0 Å². The van der Waals surface area contributed by atoms with Gasteiger partial charge in [0.25, 0.3) is 0 Å². The van der Waals surface area contributed by atoms with Gasteiger partial charge in [-0.3, -0.25) is 0 Å². The van der Waals surface area contributed by atoms with Gasteiger partial charge in [-0.2, -0.15) is 0 Å². The number of thiophene rings is 1. The van der Waals surface area contributed by atoms with E-state index < -0.39 is 17.5 Å². The number of aromatic carboxylic acids is 1. The van der Waals surface area contributed by atoms with Crippen molar-refractivity contribution in [3.05, 3.63) is 28.0 Å². The van der Waals surface area contributed by atoms with Crippen LogP contribution in [-0.2, 0) is 9.53 Å². The summed E-state index contributed by atoms with van der Waals surface area (Å²) >= 11 is 1.26. The molecule has 92 valence electrons. The number of hydrogen-bond donors (Lipinski definition) is 1. The van der Waals surface area contributed by atoms with E-state index in [1.165, 1.54) is 28.9 Å². The van der Waals surface area contributed by atoms with Gasteiger partial charge in [0, 0.05) is 16.3 Å². The van der Waals surface area contributed by atoms with Crippen LogP contribution in [0.1, 0.15) is 36.0 Å². The summed E-state index contributed by atoms with van der Waals surface area (Å²) < 4.78 is 5.08. The second kappa shape index (κ2) is 5.14. The van der Waals surface area contributed by atoms with E-state index in [-0.39, 0.29) is 5.56 Å². The highest BCUT2D eigenvalue weighted by atomic mass is 32.1. The number of rotatable bonds is 3. The molecule has 1 heterocycles. The fourth-order valence-corrected chi connectivity index (χ4v) is 1.81. The Hall–Kier alpha value is -1.62. The number of esters is 1. The Morgan fingerprint density at radius 2 is 2.06 bits per heavy atom. The van der Waals surface area contributed by atoms with Crippen LogP contribution < -0.4 is 0 Å². The summed E-state index contributed by atoms with van der Waals surface area (Å²) in [6.07, 6.45) is 2.84. The lowest BCUT2D eigenvalue weighted by molar-refractivity contribution is -0.148. The Kier molecular flexibility index (Phi) is 4.07. The van der Waals surface area contributed by atoms with Crippen LogP contribution in [0.15, 0.2) is 17.5 Å². The van der Waals surface area contributed by atoms with Gasteiger partial charge in [-0.05, 0) is 32.9 Å². The molecule has 1 N–H and O–H groups in total. The van der Waals surface area contributed by atoms with Crippen molar-refractivity contribution in [3.63, 3.8) is 0 Å². The van der Waals surface area contributed by atoms with Gasteiger partial charge in [0.15, 0.2) is 0 Å². The fraction of sp³-hybridized carbons (Fsp3) is 0.333. The van der Waals surface area contributed by atoms with Gasteiger partial charge in [-0.25, -0.2) is 9.59 Å². The summed E-state index contributed by atoms with van der Waals surface area (Å²) in [5, 5.41) is 10.2. The van der Waals surface area contributed by atoms with E-state index in [4.69, 9.17) is 9.84 Å². The van der Waals surface area contributed by atoms with Crippen molar-refractivity contribution in [1.82, 2.24) is 0 Å². The second-order valence-corrected chi connectivity index (χ2v) is 5.35. The molecule has 0 saturated carbocycles. The third-order valence-electron chi connectivity index (χ3n) is 1.66. The third-order valence-corrected chi connectivity index (χ3v) is 2.56. The monoisotopic (exact) mass is 254 g/mol. The van der Waals surface area contributed by atoms with Crippen LogP contribution in [0.25, 0.3) is 6.08 Å². The molecular formula is C12H14O4S. The van der Waals surface area contributed by atoms with Gasteiger partial charge >= 0.3 is 11.9 Å². The lowest BCUT2D eigenvalue weighted by Crippen LogP contribution is -2.22. The van der Waals surface area contributed by atoms with Gasteiger partial charge in [-0.15, -0.1) is 11.3 Å². The Morgan fingerprint density at radius 3 is 2.53 bits per heavy atom. The molecule has 0 aromatic carbocycles. The summed E-state index contributed by atoms with van der Waals surface area (Å²) in [5.74, 6) is -1.42. The lowest BCUT2D eigenvalue weighted by atomic mass is 10.2. The summed E-state index contributed by atoms with van der Waals surface area (Å²) in [5.41, 5.74) is -0.304. The van der Waals surface area contributed by atoms with E-state index in [1.807, 2.05) is 0 Å². The summed E-state index contributed by atoms with van der Waals surface area (Å²) in [7, 11) is 0. The maximum Gasteiger partial charge on any atom is 0.336 e. The first-order chi connectivity index (χ1) is 7.78. The predicted octanol–water partition coefficient (Wildman–Crippen LogP) is 2.80. The molecule has 0 saturated heterocycles. The number of ether oxygens (including phenoxy) is 1. The minimum absolute atomic E-state index is 0.221. The molecule has 0 unspecified atom stereocenters. The number of carboxylic acids is 1. The Morgan fingerprint density at radius 1 is 1.41 bits per heavy atom. The van der Waals surface area contributed by atoms with Crippen molar-refractivity contribution in [2.75, 3.05) is 0 Å². The summed E-state index contributed by atoms with van der Waals surface area (Å²) in [4.78, 5) is 22.7. The molecule has 0 atom stereocenters. The average Bonchev–Trinajstić information content (AvgIpc) is 2.60. The molecule has 0 aliphatic heterocycles. The summed E-state index contributed by atoms with van der Waals surface area (Å²) in [6.45, 7) is 5.35. The lowest BCUT2D eigenvalue weighted by Gasteiger charge is -2.17. The van der Waals surface area contributed by atoms with E-state index in [2.05, 4.69) is 0 Å². The zero-order chi connectivity index (χ0) is 13.1. The fourth-order valence-electron chi connectivity index (χ4n) is 1.04. The SMILES string of the molecule is CC(C)(C)OC(=O)/C=C/c1cc(C(=O)O)cs1. The minimum Gasteiger partial charge on any atom is -0.478 e. The van der Waals surface area contributed by atoms with Crippen LogP contribution in [0.3, 0.4) is 0 Å². The van der Waals surface area contributed by atoms with Crippen molar-refractivity contribution < 1.29 is 19.4 Å². The van der Waals surface area contributed by atoms with Crippen molar-refractivity contribution >= 4 is 29.4 Å². The first kappa shape index (κ1) is 13.4. The third kappa shape index (κ3) is 4.82. The standard InChI is InChI=1S/C12H14O4S/c1-12(2,3)16-10(13)5-4-9-6-8(7-17-9)11(14)15/h4-7H,1-3H3,(H,14,15)/b5-4+. The van der Waals surface area contributed by atoms with Gasteiger partial charge in [-0.1, -0.05) is 0 Å². The Balaban J connectivity index is 2.64. The highest BCUT2D eigenvalue weighted by Crippen LogP contribution is 2.16. The molecule has 0 aliphatic rings. The maximum atomic E-state index is 11.4. The molecule has 0 amide bonds. The van der Waals surface area contributed by atoms with Gasteiger partial charge in [0.1, 0.15) is 5.60 Å². The quantitative estimate of drug-likeness (QED) is 0.665. The highest BCUT2D eigenvalue weighted by molar-refractivity contribution is 7.11. The van der Waals surface area contributed by atoms with Crippen molar-refractivity contribution in [3.8, 4) is 0 Å².